The molecule has 0 spiro atoms. The highest BCUT2D eigenvalue weighted by Crippen LogP contribution is 2.02. The van der Waals surface area contributed by atoms with Gasteiger partial charge in [0.25, 0.3) is 0 Å². The average molecular weight is 197 g/mol. The van der Waals surface area contributed by atoms with E-state index in [2.05, 4.69) is 10.3 Å². The third kappa shape index (κ3) is 3.79. The Hall–Kier alpha value is -1.03. The topological polar surface area (TPSA) is 39.1 Å². The van der Waals surface area contributed by atoms with Crippen LogP contribution in [0, 0.1) is 0 Å². The van der Waals surface area contributed by atoms with Crippen LogP contribution in [-0.4, -0.2) is 29.8 Å². The van der Waals surface area contributed by atoms with Gasteiger partial charge in [-0.1, -0.05) is 0 Å². The zero-order valence-corrected chi connectivity index (χ0v) is 8.99. The second-order valence-corrected chi connectivity index (χ2v) is 3.34. The van der Waals surface area contributed by atoms with E-state index in [9.17, 15) is 0 Å². The van der Waals surface area contributed by atoms with Crippen LogP contribution in [0.4, 0.5) is 5.95 Å². The first-order valence-electron chi connectivity index (χ1n) is 5.04. The van der Waals surface area contributed by atoms with Gasteiger partial charge in [-0.2, -0.15) is 0 Å². The fourth-order valence-corrected chi connectivity index (χ4v) is 1.28. The number of anilines is 1. The number of rotatable bonds is 7. The summed E-state index contributed by atoms with van der Waals surface area (Å²) in [5.41, 5.74) is 0. The van der Waals surface area contributed by atoms with Gasteiger partial charge in [0.1, 0.15) is 0 Å². The Morgan fingerprint density at radius 1 is 1.43 bits per heavy atom. The predicted octanol–water partition coefficient (Wildman–Crippen LogP) is 1.65. The first-order chi connectivity index (χ1) is 6.84. The number of imidazole rings is 1. The maximum Gasteiger partial charge on any atom is 0.202 e. The highest BCUT2D eigenvalue weighted by Gasteiger charge is 1.96. The number of hydrogen-bond donors (Lipinski definition) is 1. The SMILES string of the molecule is COCCCCCNc1nccn1C. The molecule has 0 atom stereocenters. The van der Waals surface area contributed by atoms with Gasteiger partial charge in [0.15, 0.2) is 0 Å². The van der Waals surface area contributed by atoms with E-state index in [-0.39, 0.29) is 0 Å². The van der Waals surface area contributed by atoms with E-state index in [0.717, 1.165) is 31.9 Å². The molecule has 0 aliphatic carbocycles. The van der Waals surface area contributed by atoms with Gasteiger partial charge in [-0.15, -0.1) is 0 Å². The number of unbranched alkanes of at least 4 members (excludes halogenated alkanes) is 2. The Bertz CT molecular complexity index is 247. The second kappa shape index (κ2) is 6.43. The van der Waals surface area contributed by atoms with Crippen molar-refractivity contribution in [2.24, 2.45) is 7.05 Å². The van der Waals surface area contributed by atoms with Crippen molar-refractivity contribution < 1.29 is 4.74 Å². The molecule has 1 rings (SSSR count). The molecule has 0 amide bonds. The molecule has 0 unspecified atom stereocenters. The van der Waals surface area contributed by atoms with Crippen LogP contribution in [0.1, 0.15) is 19.3 Å². The lowest BCUT2D eigenvalue weighted by molar-refractivity contribution is 0.192. The molecule has 0 radical (unpaired) electrons. The van der Waals surface area contributed by atoms with Gasteiger partial charge in [-0.05, 0) is 19.3 Å². The summed E-state index contributed by atoms with van der Waals surface area (Å²) in [5.74, 6) is 0.941. The van der Waals surface area contributed by atoms with Gasteiger partial charge in [-0.25, -0.2) is 4.98 Å². The molecule has 1 aromatic rings. The molecule has 14 heavy (non-hydrogen) atoms. The van der Waals surface area contributed by atoms with Gasteiger partial charge in [-0.3, -0.25) is 0 Å². The molecule has 0 bridgehead atoms. The minimum absolute atomic E-state index is 0.863. The molecule has 4 heteroatoms. The van der Waals surface area contributed by atoms with E-state index < -0.39 is 0 Å². The van der Waals surface area contributed by atoms with Crippen molar-refractivity contribution in [3.8, 4) is 0 Å². The van der Waals surface area contributed by atoms with Gasteiger partial charge < -0.3 is 14.6 Å². The fourth-order valence-electron chi connectivity index (χ4n) is 1.28. The number of aromatic nitrogens is 2. The number of methoxy groups -OCH3 is 1. The van der Waals surface area contributed by atoms with E-state index in [1.165, 1.54) is 6.42 Å². The maximum atomic E-state index is 4.98. The van der Waals surface area contributed by atoms with Crippen molar-refractivity contribution in [2.75, 3.05) is 25.6 Å². The zero-order valence-electron chi connectivity index (χ0n) is 8.99. The summed E-state index contributed by atoms with van der Waals surface area (Å²) in [5, 5.41) is 3.28. The van der Waals surface area contributed by atoms with E-state index in [0.29, 0.717) is 0 Å². The molecule has 0 fully saturated rings. The number of aryl methyl sites for hydroxylation is 1. The minimum Gasteiger partial charge on any atom is -0.385 e. The third-order valence-corrected chi connectivity index (χ3v) is 2.13. The summed E-state index contributed by atoms with van der Waals surface area (Å²) in [6, 6.07) is 0. The molecular formula is C10H19N3O. The minimum atomic E-state index is 0.863. The van der Waals surface area contributed by atoms with E-state index in [1.807, 2.05) is 17.8 Å². The Balaban J connectivity index is 2.02. The molecule has 4 nitrogen and oxygen atoms in total. The molecular weight excluding hydrogens is 178 g/mol. The Labute approximate surface area is 85.3 Å². The van der Waals surface area contributed by atoms with Crippen LogP contribution in [0.5, 0.6) is 0 Å². The van der Waals surface area contributed by atoms with Crippen molar-refractivity contribution in [3.63, 3.8) is 0 Å². The van der Waals surface area contributed by atoms with Crippen LogP contribution in [0.15, 0.2) is 12.4 Å². The molecule has 1 N–H and O–H groups in total. The Kier molecular flexibility index (Phi) is 5.07. The lowest BCUT2D eigenvalue weighted by Gasteiger charge is -2.05. The smallest absolute Gasteiger partial charge is 0.202 e. The Morgan fingerprint density at radius 2 is 2.29 bits per heavy atom. The van der Waals surface area contributed by atoms with Crippen molar-refractivity contribution in [3.05, 3.63) is 12.4 Å². The van der Waals surface area contributed by atoms with E-state index in [4.69, 9.17) is 4.74 Å². The number of hydrogen-bond acceptors (Lipinski definition) is 3. The predicted molar refractivity (Wildman–Crippen MR) is 57.4 cm³/mol. The first-order valence-corrected chi connectivity index (χ1v) is 5.04. The standard InChI is InChI=1S/C10H19N3O/c1-13-8-7-12-10(13)11-6-4-3-5-9-14-2/h7-8H,3-6,9H2,1-2H3,(H,11,12). The van der Waals surface area contributed by atoms with E-state index >= 15 is 0 Å². The number of ether oxygens (including phenoxy) is 1. The number of nitrogens with zero attached hydrogens (tertiary/aromatic N) is 2. The van der Waals surface area contributed by atoms with Crippen LogP contribution in [0.2, 0.25) is 0 Å². The lowest BCUT2D eigenvalue weighted by atomic mass is 10.2. The van der Waals surface area contributed by atoms with Crippen LogP contribution in [0.3, 0.4) is 0 Å². The summed E-state index contributed by atoms with van der Waals surface area (Å²) in [6.07, 6.45) is 7.24. The van der Waals surface area contributed by atoms with Crippen LogP contribution in [-0.2, 0) is 11.8 Å². The molecule has 1 heterocycles. The molecule has 0 aliphatic heterocycles. The van der Waals surface area contributed by atoms with Gasteiger partial charge >= 0.3 is 0 Å². The van der Waals surface area contributed by atoms with E-state index in [1.54, 1.807) is 13.3 Å². The summed E-state index contributed by atoms with van der Waals surface area (Å²) in [7, 11) is 3.73. The highest BCUT2D eigenvalue weighted by molar-refractivity contribution is 5.24. The van der Waals surface area contributed by atoms with Crippen molar-refractivity contribution >= 4 is 5.95 Å². The molecule has 0 saturated heterocycles. The second-order valence-electron chi connectivity index (χ2n) is 3.34. The monoisotopic (exact) mass is 197 g/mol. The molecule has 0 aliphatic rings. The summed E-state index contributed by atoms with van der Waals surface area (Å²) >= 11 is 0. The van der Waals surface area contributed by atoms with Crippen LogP contribution < -0.4 is 5.32 Å². The third-order valence-electron chi connectivity index (χ3n) is 2.13. The maximum absolute atomic E-state index is 4.98. The molecule has 1 aromatic heterocycles. The van der Waals surface area contributed by atoms with Crippen molar-refractivity contribution in [1.29, 1.82) is 0 Å². The first kappa shape index (κ1) is 11.0. The van der Waals surface area contributed by atoms with Crippen LogP contribution >= 0.6 is 0 Å². The quantitative estimate of drug-likeness (QED) is 0.675. The van der Waals surface area contributed by atoms with Crippen molar-refractivity contribution in [2.45, 2.75) is 19.3 Å². The fraction of sp³-hybridized carbons (Fsp3) is 0.700. The summed E-state index contributed by atoms with van der Waals surface area (Å²) in [6.45, 7) is 1.84. The largest absolute Gasteiger partial charge is 0.385 e. The molecule has 0 aromatic carbocycles. The summed E-state index contributed by atoms with van der Waals surface area (Å²) in [4.78, 5) is 4.18. The zero-order chi connectivity index (χ0) is 10.2. The van der Waals surface area contributed by atoms with Gasteiger partial charge in [0, 0.05) is 39.7 Å². The molecule has 0 saturated carbocycles. The normalized spacial score (nSPS) is 10.4. The highest BCUT2D eigenvalue weighted by atomic mass is 16.5. The lowest BCUT2D eigenvalue weighted by Crippen LogP contribution is -2.06. The molecule has 80 valence electrons. The Morgan fingerprint density at radius 3 is 2.93 bits per heavy atom. The van der Waals surface area contributed by atoms with Crippen LogP contribution in [0.25, 0.3) is 0 Å². The average Bonchev–Trinajstić information content (AvgIpc) is 2.58. The number of nitrogens with one attached hydrogen (secondary N) is 1. The van der Waals surface area contributed by atoms with Crippen molar-refractivity contribution in [1.82, 2.24) is 9.55 Å². The summed E-state index contributed by atoms with van der Waals surface area (Å²) < 4.78 is 6.96. The van der Waals surface area contributed by atoms with Gasteiger partial charge in [0.05, 0.1) is 0 Å². The van der Waals surface area contributed by atoms with Gasteiger partial charge in [0.2, 0.25) is 5.95 Å².